The first kappa shape index (κ1) is 16.2. The normalized spacial score (nSPS) is 11.4. The van der Waals surface area contributed by atoms with Crippen LogP contribution in [0, 0.1) is 5.82 Å². The van der Waals surface area contributed by atoms with Crippen LogP contribution in [-0.2, 0) is 0 Å². The topological polar surface area (TPSA) is 35.2 Å². The van der Waals surface area contributed by atoms with E-state index < -0.39 is 18.4 Å². The van der Waals surface area contributed by atoms with Gasteiger partial charge in [0.1, 0.15) is 4.99 Å². The van der Waals surface area contributed by atoms with Gasteiger partial charge in [-0.2, -0.15) is 13.2 Å². The third-order valence-corrected chi connectivity index (χ3v) is 3.17. The molecular weight excluding hydrogens is 350 g/mol. The van der Waals surface area contributed by atoms with E-state index in [4.69, 9.17) is 22.7 Å². The molecular formula is C11H10BrF4NOS. The molecule has 0 spiro atoms. The van der Waals surface area contributed by atoms with Gasteiger partial charge >= 0.3 is 6.18 Å². The molecule has 0 saturated carbocycles. The summed E-state index contributed by atoms with van der Waals surface area (Å²) in [4.78, 5) is 0.00870. The van der Waals surface area contributed by atoms with E-state index in [9.17, 15) is 17.6 Å². The van der Waals surface area contributed by atoms with E-state index in [0.717, 1.165) is 0 Å². The molecule has 0 atom stereocenters. The molecule has 2 nitrogen and oxygen atoms in total. The minimum atomic E-state index is -4.24. The fraction of sp³-hybridized carbons (Fsp3) is 0.364. The Balaban J connectivity index is 2.66. The molecule has 106 valence electrons. The van der Waals surface area contributed by atoms with Crippen molar-refractivity contribution in [3.8, 4) is 5.75 Å². The van der Waals surface area contributed by atoms with E-state index in [1.807, 2.05) is 0 Å². The van der Waals surface area contributed by atoms with Crippen molar-refractivity contribution in [2.45, 2.75) is 19.0 Å². The Morgan fingerprint density at radius 2 is 2.00 bits per heavy atom. The Morgan fingerprint density at radius 3 is 2.53 bits per heavy atom. The van der Waals surface area contributed by atoms with Gasteiger partial charge in [0.05, 0.1) is 11.1 Å². The quantitative estimate of drug-likeness (QED) is 0.491. The van der Waals surface area contributed by atoms with Crippen LogP contribution in [0.2, 0.25) is 0 Å². The highest BCUT2D eigenvalue weighted by Crippen LogP contribution is 2.29. The van der Waals surface area contributed by atoms with Crippen LogP contribution in [0.1, 0.15) is 18.4 Å². The Hall–Kier alpha value is -0.890. The van der Waals surface area contributed by atoms with Crippen LogP contribution in [0.3, 0.4) is 0 Å². The lowest BCUT2D eigenvalue weighted by Crippen LogP contribution is -2.12. The van der Waals surface area contributed by atoms with Crippen LogP contribution >= 0.6 is 28.1 Å². The Morgan fingerprint density at radius 1 is 1.37 bits per heavy atom. The summed E-state index contributed by atoms with van der Waals surface area (Å²) in [7, 11) is 0. The number of rotatable bonds is 5. The zero-order valence-corrected chi connectivity index (χ0v) is 12.0. The van der Waals surface area contributed by atoms with Gasteiger partial charge in [0, 0.05) is 12.0 Å². The second-order valence-corrected chi connectivity index (χ2v) is 4.90. The lowest BCUT2D eigenvalue weighted by Gasteiger charge is -2.11. The summed E-state index contributed by atoms with van der Waals surface area (Å²) in [6, 6.07) is 2.72. The molecule has 8 heteroatoms. The first-order valence-corrected chi connectivity index (χ1v) is 6.40. The summed E-state index contributed by atoms with van der Waals surface area (Å²) in [5.41, 5.74) is 5.67. The number of hydrogen-bond donors (Lipinski definition) is 1. The van der Waals surface area contributed by atoms with Gasteiger partial charge in [-0.15, -0.1) is 0 Å². The fourth-order valence-electron chi connectivity index (χ4n) is 1.29. The highest BCUT2D eigenvalue weighted by Gasteiger charge is 2.26. The molecule has 2 N–H and O–H groups in total. The number of halogens is 5. The van der Waals surface area contributed by atoms with E-state index in [0.29, 0.717) is 5.56 Å². The molecule has 0 amide bonds. The number of hydrogen-bond acceptors (Lipinski definition) is 2. The second-order valence-electron chi connectivity index (χ2n) is 3.67. The monoisotopic (exact) mass is 359 g/mol. The molecule has 0 saturated heterocycles. The molecule has 0 radical (unpaired) electrons. The first-order valence-electron chi connectivity index (χ1n) is 5.19. The van der Waals surface area contributed by atoms with Gasteiger partial charge in [-0.25, -0.2) is 4.39 Å². The summed E-state index contributed by atoms with van der Waals surface area (Å²) < 4.78 is 54.5. The van der Waals surface area contributed by atoms with Crippen LogP contribution in [0.15, 0.2) is 16.6 Å². The molecule has 0 aromatic heterocycles. The van der Waals surface area contributed by atoms with Gasteiger partial charge in [-0.05, 0) is 34.5 Å². The van der Waals surface area contributed by atoms with E-state index in [2.05, 4.69) is 15.9 Å². The molecule has 1 aromatic carbocycles. The summed E-state index contributed by atoms with van der Waals surface area (Å²) in [6.07, 6.45) is -5.45. The number of ether oxygens (including phenoxy) is 1. The summed E-state index contributed by atoms with van der Waals surface area (Å²) >= 11 is 7.68. The third kappa shape index (κ3) is 4.94. The Labute approximate surface area is 121 Å². The molecule has 0 heterocycles. The van der Waals surface area contributed by atoms with Crippen LogP contribution in [0.25, 0.3) is 0 Å². The van der Waals surface area contributed by atoms with Crippen molar-refractivity contribution in [1.29, 1.82) is 0 Å². The van der Waals surface area contributed by atoms with Crippen LogP contribution in [-0.4, -0.2) is 17.8 Å². The molecule has 0 fully saturated rings. The first-order chi connectivity index (χ1) is 8.72. The van der Waals surface area contributed by atoms with Crippen molar-refractivity contribution < 1.29 is 22.3 Å². The number of nitrogens with two attached hydrogens (primary N) is 1. The number of thiocarbonyl (C=S) groups is 1. The van der Waals surface area contributed by atoms with Crippen molar-refractivity contribution >= 4 is 33.1 Å². The Kier molecular flexibility index (Phi) is 5.54. The standard InChI is InChI=1S/C11H10BrF4NOS/c12-8-6(10(17)19)2-3-7(9(8)13)18-5-1-4-11(14,15)16/h2-3H,1,4-5H2,(H2,17,19). The largest absolute Gasteiger partial charge is 0.490 e. The summed E-state index contributed by atoms with van der Waals surface area (Å²) in [5, 5.41) is 0. The molecule has 0 bridgehead atoms. The maximum Gasteiger partial charge on any atom is 0.389 e. The highest BCUT2D eigenvalue weighted by atomic mass is 79.9. The zero-order valence-electron chi connectivity index (χ0n) is 9.56. The molecule has 1 aromatic rings. The van der Waals surface area contributed by atoms with Gasteiger partial charge in [-0.3, -0.25) is 0 Å². The van der Waals surface area contributed by atoms with Gasteiger partial charge < -0.3 is 10.5 Å². The molecule has 0 aliphatic carbocycles. The SMILES string of the molecule is NC(=S)c1ccc(OCCCC(F)(F)F)c(F)c1Br. The predicted molar refractivity (Wildman–Crippen MR) is 70.8 cm³/mol. The number of alkyl halides is 3. The van der Waals surface area contributed by atoms with Crippen LogP contribution in [0.4, 0.5) is 17.6 Å². The van der Waals surface area contributed by atoms with Gasteiger partial charge in [0.2, 0.25) is 0 Å². The zero-order chi connectivity index (χ0) is 14.6. The second kappa shape index (κ2) is 6.51. The van der Waals surface area contributed by atoms with E-state index in [-0.39, 0.29) is 28.2 Å². The fourth-order valence-corrected chi connectivity index (χ4v) is 2.13. The van der Waals surface area contributed by atoms with Crippen molar-refractivity contribution in [2.24, 2.45) is 5.73 Å². The predicted octanol–water partition coefficient (Wildman–Crippen LogP) is 3.94. The maximum absolute atomic E-state index is 13.8. The number of benzene rings is 1. The van der Waals surface area contributed by atoms with Gasteiger partial charge in [-0.1, -0.05) is 12.2 Å². The minimum Gasteiger partial charge on any atom is -0.490 e. The van der Waals surface area contributed by atoms with Crippen LogP contribution in [0.5, 0.6) is 5.75 Å². The van der Waals surface area contributed by atoms with Gasteiger partial charge in [0.15, 0.2) is 11.6 Å². The van der Waals surface area contributed by atoms with Crippen molar-refractivity contribution in [1.82, 2.24) is 0 Å². The third-order valence-electron chi connectivity index (χ3n) is 2.17. The van der Waals surface area contributed by atoms with Crippen molar-refractivity contribution in [3.05, 3.63) is 28.0 Å². The average Bonchev–Trinajstić information content (AvgIpc) is 2.28. The van der Waals surface area contributed by atoms with Crippen LogP contribution < -0.4 is 10.5 Å². The molecule has 1 rings (SSSR count). The van der Waals surface area contributed by atoms with Gasteiger partial charge in [0.25, 0.3) is 0 Å². The van der Waals surface area contributed by atoms with Crippen molar-refractivity contribution in [3.63, 3.8) is 0 Å². The maximum atomic E-state index is 13.8. The smallest absolute Gasteiger partial charge is 0.389 e. The molecule has 19 heavy (non-hydrogen) atoms. The van der Waals surface area contributed by atoms with E-state index >= 15 is 0 Å². The molecule has 0 unspecified atom stereocenters. The lowest BCUT2D eigenvalue weighted by atomic mass is 10.2. The Bertz CT molecular complexity index is 478. The average molecular weight is 360 g/mol. The minimum absolute atomic E-state index is 0.00870. The van der Waals surface area contributed by atoms with Crippen molar-refractivity contribution in [2.75, 3.05) is 6.61 Å². The lowest BCUT2D eigenvalue weighted by molar-refractivity contribution is -0.136. The van der Waals surface area contributed by atoms with E-state index in [1.165, 1.54) is 12.1 Å². The summed E-state index contributed by atoms with van der Waals surface area (Å²) in [6.45, 7) is -0.227. The summed E-state index contributed by atoms with van der Waals surface area (Å²) in [5.74, 6) is -0.883. The van der Waals surface area contributed by atoms with E-state index in [1.54, 1.807) is 0 Å². The molecule has 0 aliphatic rings. The highest BCUT2D eigenvalue weighted by molar-refractivity contribution is 9.10. The molecule has 0 aliphatic heterocycles.